The topological polar surface area (TPSA) is 56.7 Å². The Hall–Kier alpha value is -1.46. The van der Waals surface area contributed by atoms with Crippen LogP contribution in [0.3, 0.4) is 0 Å². The molecule has 0 unspecified atom stereocenters. The van der Waals surface area contributed by atoms with Crippen molar-refractivity contribution in [3.63, 3.8) is 0 Å². The van der Waals surface area contributed by atoms with Crippen LogP contribution >= 0.6 is 0 Å². The third-order valence-corrected chi connectivity index (χ3v) is 5.82. The number of carbonyl (C=O) groups is 1. The molecule has 1 aromatic rings. The molecular weight excluding hydrogens is 314 g/mol. The third-order valence-electron chi connectivity index (χ3n) is 5.82. The van der Waals surface area contributed by atoms with Crippen LogP contribution in [0.5, 0.6) is 0 Å². The lowest BCUT2D eigenvalue weighted by Crippen LogP contribution is -2.50. The Morgan fingerprint density at radius 1 is 1.24 bits per heavy atom. The number of aliphatic hydroxyl groups is 1. The number of aromatic nitrogens is 1. The van der Waals surface area contributed by atoms with Gasteiger partial charge in [-0.3, -0.25) is 14.7 Å². The molecule has 5 heteroatoms. The van der Waals surface area contributed by atoms with E-state index in [9.17, 15) is 9.90 Å². The van der Waals surface area contributed by atoms with E-state index in [-0.39, 0.29) is 5.91 Å². The molecule has 1 amide bonds. The Morgan fingerprint density at radius 2 is 2.04 bits per heavy atom. The van der Waals surface area contributed by atoms with Gasteiger partial charge >= 0.3 is 0 Å². The van der Waals surface area contributed by atoms with E-state index < -0.39 is 5.60 Å². The van der Waals surface area contributed by atoms with E-state index in [2.05, 4.69) is 23.0 Å². The molecule has 3 rings (SSSR count). The van der Waals surface area contributed by atoms with Crippen molar-refractivity contribution in [3.8, 4) is 0 Å². The highest BCUT2D eigenvalue weighted by Gasteiger charge is 2.40. The van der Waals surface area contributed by atoms with Crippen LogP contribution in [0, 0.1) is 0 Å². The van der Waals surface area contributed by atoms with Crippen molar-refractivity contribution in [2.45, 2.75) is 69.6 Å². The number of pyridine rings is 1. The maximum absolute atomic E-state index is 12.8. The van der Waals surface area contributed by atoms with E-state index >= 15 is 0 Å². The van der Waals surface area contributed by atoms with E-state index in [0.717, 1.165) is 63.9 Å². The van der Waals surface area contributed by atoms with E-state index in [1.165, 1.54) is 0 Å². The molecule has 138 valence electrons. The molecule has 1 atom stereocenters. The zero-order valence-corrected chi connectivity index (χ0v) is 15.4. The minimum Gasteiger partial charge on any atom is -0.380 e. The smallest absolute Gasteiger partial charge is 0.254 e. The van der Waals surface area contributed by atoms with Gasteiger partial charge in [-0.1, -0.05) is 25.3 Å². The lowest BCUT2D eigenvalue weighted by atomic mass is 9.83. The van der Waals surface area contributed by atoms with Gasteiger partial charge in [-0.2, -0.15) is 0 Å². The fourth-order valence-electron chi connectivity index (χ4n) is 4.24. The maximum Gasteiger partial charge on any atom is 0.254 e. The van der Waals surface area contributed by atoms with Crippen LogP contribution in [0.25, 0.3) is 0 Å². The summed E-state index contributed by atoms with van der Waals surface area (Å²) in [6.45, 7) is 2.36. The average Bonchev–Trinajstić information content (AvgIpc) is 2.89. The summed E-state index contributed by atoms with van der Waals surface area (Å²) in [7, 11) is 2.14. The molecule has 0 bridgehead atoms. The average molecular weight is 345 g/mol. The Bertz CT molecular complexity index is 557. The van der Waals surface area contributed by atoms with Gasteiger partial charge in [0.1, 0.15) is 5.60 Å². The zero-order chi connectivity index (χ0) is 17.7. The molecule has 2 heterocycles. The summed E-state index contributed by atoms with van der Waals surface area (Å²) in [5, 5.41) is 10.7. The third kappa shape index (κ3) is 4.59. The number of likely N-dealkylation sites (tertiary alicyclic amines) is 1. The molecule has 1 aliphatic carbocycles. The lowest BCUT2D eigenvalue weighted by molar-refractivity contribution is -0.154. The minimum atomic E-state index is -1.10. The Labute approximate surface area is 151 Å². The van der Waals surface area contributed by atoms with Crippen LogP contribution in [0.2, 0.25) is 0 Å². The summed E-state index contributed by atoms with van der Waals surface area (Å²) in [6.07, 6.45) is 9.21. The van der Waals surface area contributed by atoms with Gasteiger partial charge < -0.3 is 10.0 Å². The van der Waals surface area contributed by atoms with E-state index in [0.29, 0.717) is 18.9 Å². The fraction of sp³-hybridized carbons (Fsp3) is 0.700. The van der Waals surface area contributed by atoms with Crippen molar-refractivity contribution in [1.82, 2.24) is 14.8 Å². The van der Waals surface area contributed by atoms with Gasteiger partial charge in [0.2, 0.25) is 0 Å². The summed E-state index contributed by atoms with van der Waals surface area (Å²) in [6, 6.07) is 6.48. The number of amides is 1. The largest absolute Gasteiger partial charge is 0.380 e. The van der Waals surface area contributed by atoms with Crippen LogP contribution in [0.4, 0.5) is 0 Å². The summed E-state index contributed by atoms with van der Waals surface area (Å²) in [5.41, 5.74) is -0.0171. The molecule has 1 N–H and O–H groups in total. The highest BCUT2D eigenvalue weighted by molar-refractivity contribution is 5.85. The second kappa shape index (κ2) is 8.28. The fourth-order valence-corrected chi connectivity index (χ4v) is 4.24. The molecule has 0 aromatic carbocycles. The minimum absolute atomic E-state index is 0.0276. The molecule has 1 saturated carbocycles. The molecule has 2 aliphatic rings. The number of rotatable bonds is 4. The van der Waals surface area contributed by atoms with Crippen LogP contribution < -0.4 is 0 Å². The molecule has 1 aliphatic heterocycles. The van der Waals surface area contributed by atoms with Crippen LogP contribution in [0.1, 0.15) is 57.1 Å². The van der Waals surface area contributed by atoms with Crippen molar-refractivity contribution in [1.29, 1.82) is 0 Å². The van der Waals surface area contributed by atoms with Crippen molar-refractivity contribution in [3.05, 3.63) is 30.1 Å². The molecule has 25 heavy (non-hydrogen) atoms. The highest BCUT2D eigenvalue weighted by Crippen LogP contribution is 2.31. The van der Waals surface area contributed by atoms with Gasteiger partial charge in [-0.15, -0.1) is 0 Å². The van der Waals surface area contributed by atoms with Gasteiger partial charge in [0.15, 0.2) is 0 Å². The maximum atomic E-state index is 12.8. The number of hydrogen-bond acceptors (Lipinski definition) is 4. The summed E-state index contributed by atoms with van der Waals surface area (Å²) in [5.74, 6) is -0.0276. The van der Waals surface area contributed by atoms with Gasteiger partial charge in [0.25, 0.3) is 5.91 Å². The quantitative estimate of drug-likeness (QED) is 0.911. The molecule has 0 spiro atoms. The first-order chi connectivity index (χ1) is 12.1. The van der Waals surface area contributed by atoms with Gasteiger partial charge in [0.05, 0.1) is 5.69 Å². The van der Waals surface area contributed by atoms with Gasteiger partial charge in [0, 0.05) is 31.9 Å². The summed E-state index contributed by atoms with van der Waals surface area (Å²) < 4.78 is 0. The van der Waals surface area contributed by atoms with Crippen LogP contribution in [0.15, 0.2) is 24.4 Å². The monoisotopic (exact) mass is 345 g/mol. The van der Waals surface area contributed by atoms with Crippen molar-refractivity contribution >= 4 is 5.91 Å². The van der Waals surface area contributed by atoms with Crippen molar-refractivity contribution in [2.75, 3.05) is 20.1 Å². The number of nitrogens with zero attached hydrogens (tertiary/aromatic N) is 3. The van der Waals surface area contributed by atoms with Gasteiger partial charge in [-0.05, 0) is 51.3 Å². The first-order valence-electron chi connectivity index (χ1n) is 9.70. The normalized spacial score (nSPS) is 24.1. The SMILES string of the molecule is CN(Cc1ccccn1)[C@H]1CCCN(C(=O)C2(O)CCCCC2)CC1. The molecule has 5 nitrogen and oxygen atoms in total. The lowest BCUT2D eigenvalue weighted by Gasteiger charge is -2.35. The number of hydrogen-bond donors (Lipinski definition) is 1. The van der Waals surface area contributed by atoms with E-state index in [4.69, 9.17) is 0 Å². The Balaban J connectivity index is 1.55. The molecule has 0 radical (unpaired) electrons. The summed E-state index contributed by atoms with van der Waals surface area (Å²) in [4.78, 5) is 21.5. The second-order valence-electron chi connectivity index (χ2n) is 7.71. The Kier molecular flexibility index (Phi) is 6.07. The highest BCUT2D eigenvalue weighted by atomic mass is 16.3. The van der Waals surface area contributed by atoms with Gasteiger partial charge in [-0.25, -0.2) is 0 Å². The second-order valence-corrected chi connectivity index (χ2v) is 7.71. The van der Waals surface area contributed by atoms with E-state index in [1.54, 1.807) is 0 Å². The Morgan fingerprint density at radius 3 is 2.76 bits per heavy atom. The van der Waals surface area contributed by atoms with Crippen molar-refractivity contribution in [2.24, 2.45) is 0 Å². The first kappa shape index (κ1) is 18.3. The van der Waals surface area contributed by atoms with E-state index in [1.807, 2.05) is 23.2 Å². The molecule has 2 fully saturated rings. The first-order valence-corrected chi connectivity index (χ1v) is 9.70. The number of carbonyl (C=O) groups excluding carboxylic acids is 1. The molecule has 1 aromatic heterocycles. The van der Waals surface area contributed by atoms with Crippen molar-refractivity contribution < 1.29 is 9.90 Å². The molecular formula is C20H31N3O2. The molecule has 1 saturated heterocycles. The van der Waals surface area contributed by atoms with Crippen LogP contribution in [-0.4, -0.2) is 57.6 Å². The summed E-state index contributed by atoms with van der Waals surface area (Å²) >= 11 is 0. The van der Waals surface area contributed by atoms with Crippen LogP contribution in [-0.2, 0) is 11.3 Å². The predicted octanol–water partition coefficient (Wildman–Crippen LogP) is 2.59. The predicted molar refractivity (Wildman–Crippen MR) is 98.0 cm³/mol. The zero-order valence-electron chi connectivity index (χ0n) is 15.4. The standard InChI is InChI=1S/C20H31N3O2/c1-22(16-17-8-3-6-13-21-17)18-9-7-14-23(15-10-18)19(24)20(25)11-4-2-5-12-20/h3,6,8,13,18,25H,2,4-5,7,9-12,14-16H2,1H3/t18-/m0/s1.